The van der Waals surface area contributed by atoms with Crippen molar-refractivity contribution < 1.29 is 4.52 Å². The van der Waals surface area contributed by atoms with Gasteiger partial charge in [0.15, 0.2) is 11.6 Å². The number of hydrogen-bond donors (Lipinski definition) is 0. The molecule has 0 aliphatic carbocycles. The van der Waals surface area contributed by atoms with E-state index in [9.17, 15) is 0 Å². The highest BCUT2D eigenvalue weighted by atomic mass is 16.5. The van der Waals surface area contributed by atoms with Gasteiger partial charge in [-0.1, -0.05) is 48.5 Å². The van der Waals surface area contributed by atoms with Crippen molar-refractivity contribution in [2.45, 2.75) is 19.9 Å². The number of rotatable bonds is 5. The summed E-state index contributed by atoms with van der Waals surface area (Å²) in [7, 11) is 0. The summed E-state index contributed by atoms with van der Waals surface area (Å²) in [6, 6.07) is 16.1. The molecule has 5 aromatic rings. The van der Waals surface area contributed by atoms with E-state index in [1.165, 1.54) is 0 Å². The van der Waals surface area contributed by atoms with Crippen molar-refractivity contribution in [3.05, 3.63) is 78.8 Å². The number of aryl methyl sites for hydroxylation is 1. The first-order chi connectivity index (χ1) is 13.8. The van der Waals surface area contributed by atoms with Gasteiger partial charge < -0.3 is 9.09 Å². The molecular weight excluding hydrogens is 352 g/mol. The molecule has 0 saturated carbocycles. The number of nitrogens with zero attached hydrogens (tertiary/aromatic N) is 6. The Labute approximate surface area is 161 Å². The summed E-state index contributed by atoms with van der Waals surface area (Å²) >= 11 is 0. The largest absolute Gasteiger partial charge is 0.339 e. The van der Waals surface area contributed by atoms with Gasteiger partial charge >= 0.3 is 0 Å². The maximum Gasteiger partial charge on any atom is 0.226 e. The molecule has 0 aliphatic rings. The van der Waals surface area contributed by atoms with E-state index in [0.29, 0.717) is 18.3 Å². The van der Waals surface area contributed by atoms with Crippen LogP contribution in [0.15, 0.2) is 71.6 Å². The van der Waals surface area contributed by atoms with Crippen LogP contribution in [0, 0.1) is 0 Å². The number of fused-ring (bicyclic) bond motifs is 1. The van der Waals surface area contributed by atoms with Gasteiger partial charge in [-0.2, -0.15) is 4.98 Å². The monoisotopic (exact) mass is 370 g/mol. The molecule has 0 atom stereocenters. The highest BCUT2D eigenvalue weighted by Gasteiger charge is 2.20. The normalized spacial score (nSPS) is 11.3. The third-order valence-electron chi connectivity index (χ3n) is 4.63. The number of aromatic nitrogens is 6. The molecule has 1 aromatic carbocycles. The summed E-state index contributed by atoms with van der Waals surface area (Å²) in [5, 5.41) is 4.07. The van der Waals surface area contributed by atoms with Crippen LogP contribution in [0.4, 0.5) is 0 Å². The summed E-state index contributed by atoms with van der Waals surface area (Å²) in [5.74, 6) is 2.07. The number of benzene rings is 1. The van der Waals surface area contributed by atoms with E-state index < -0.39 is 0 Å². The summed E-state index contributed by atoms with van der Waals surface area (Å²) in [6.45, 7) is 2.47. The van der Waals surface area contributed by atoms with Crippen LogP contribution in [0.25, 0.3) is 28.4 Å². The Balaban J connectivity index is 1.67. The zero-order valence-electron chi connectivity index (χ0n) is 15.4. The van der Waals surface area contributed by atoms with Gasteiger partial charge in [0.2, 0.25) is 5.89 Å². The lowest BCUT2D eigenvalue weighted by Crippen LogP contribution is -2.05. The van der Waals surface area contributed by atoms with Crippen LogP contribution < -0.4 is 0 Å². The molecule has 0 radical (unpaired) electrons. The molecule has 5 rings (SSSR count). The minimum atomic E-state index is 0.479. The Hall–Kier alpha value is -3.74. The Morgan fingerprint density at radius 1 is 0.964 bits per heavy atom. The molecule has 0 aliphatic heterocycles. The second-order valence-electron chi connectivity index (χ2n) is 6.44. The average Bonchev–Trinajstić information content (AvgIpc) is 3.46. The molecule has 0 bridgehead atoms. The SMILES string of the molecule is CCc1nc(Cn2ccnc2-c2c(-c3ccccc3)nc3ccccn23)no1. The van der Waals surface area contributed by atoms with E-state index in [1.807, 2.05) is 60.3 Å². The highest BCUT2D eigenvalue weighted by Crippen LogP contribution is 2.32. The summed E-state index contributed by atoms with van der Waals surface area (Å²) < 4.78 is 9.33. The van der Waals surface area contributed by atoms with Crippen LogP contribution in [0.2, 0.25) is 0 Å². The lowest BCUT2D eigenvalue weighted by molar-refractivity contribution is 0.375. The van der Waals surface area contributed by atoms with Gasteiger partial charge in [-0.05, 0) is 12.1 Å². The maximum absolute atomic E-state index is 5.24. The predicted molar refractivity (Wildman–Crippen MR) is 105 cm³/mol. The maximum atomic E-state index is 5.24. The highest BCUT2D eigenvalue weighted by molar-refractivity contribution is 5.79. The third kappa shape index (κ3) is 2.77. The Bertz CT molecular complexity index is 1230. The molecule has 0 saturated heterocycles. The molecule has 0 unspecified atom stereocenters. The van der Waals surface area contributed by atoms with Crippen LogP contribution in [-0.4, -0.2) is 29.1 Å². The molecular formula is C21H18N6O. The first-order valence-corrected chi connectivity index (χ1v) is 9.19. The van der Waals surface area contributed by atoms with Crippen molar-refractivity contribution in [3.8, 4) is 22.8 Å². The van der Waals surface area contributed by atoms with Crippen LogP contribution in [0.5, 0.6) is 0 Å². The van der Waals surface area contributed by atoms with Gasteiger partial charge in [0.25, 0.3) is 0 Å². The van der Waals surface area contributed by atoms with Crippen LogP contribution in [-0.2, 0) is 13.0 Å². The quantitative estimate of drug-likeness (QED) is 0.470. The van der Waals surface area contributed by atoms with E-state index in [-0.39, 0.29) is 0 Å². The van der Waals surface area contributed by atoms with Crippen molar-refractivity contribution >= 4 is 5.65 Å². The minimum Gasteiger partial charge on any atom is -0.339 e. The van der Waals surface area contributed by atoms with Gasteiger partial charge in [-0.3, -0.25) is 4.40 Å². The Morgan fingerprint density at radius 2 is 1.82 bits per heavy atom. The van der Waals surface area contributed by atoms with E-state index in [4.69, 9.17) is 9.51 Å². The molecule has 138 valence electrons. The van der Waals surface area contributed by atoms with Crippen molar-refractivity contribution in [1.29, 1.82) is 0 Å². The third-order valence-corrected chi connectivity index (χ3v) is 4.63. The standard InChI is InChI=1S/C21H18N6O/c1-2-18-23-16(25-28-18)14-26-13-11-22-21(26)20-19(15-8-4-3-5-9-15)24-17-10-6-7-12-27(17)20/h3-13H,2,14H2,1H3. The lowest BCUT2D eigenvalue weighted by atomic mass is 10.1. The van der Waals surface area contributed by atoms with Gasteiger partial charge in [0.1, 0.15) is 17.0 Å². The van der Waals surface area contributed by atoms with E-state index >= 15 is 0 Å². The fourth-order valence-electron chi connectivity index (χ4n) is 3.31. The summed E-state index contributed by atoms with van der Waals surface area (Å²) in [4.78, 5) is 13.9. The number of imidazole rings is 2. The Morgan fingerprint density at radius 3 is 2.64 bits per heavy atom. The van der Waals surface area contributed by atoms with Crippen LogP contribution in [0.3, 0.4) is 0 Å². The molecule has 7 heteroatoms. The van der Waals surface area contributed by atoms with Gasteiger partial charge in [0.05, 0.1) is 6.54 Å². The average molecular weight is 370 g/mol. The van der Waals surface area contributed by atoms with E-state index in [1.54, 1.807) is 6.20 Å². The van der Waals surface area contributed by atoms with Gasteiger partial charge in [-0.15, -0.1) is 0 Å². The summed E-state index contributed by atoms with van der Waals surface area (Å²) in [5.41, 5.74) is 3.75. The number of hydrogen-bond acceptors (Lipinski definition) is 5. The zero-order chi connectivity index (χ0) is 18.9. The van der Waals surface area contributed by atoms with Crippen LogP contribution in [0.1, 0.15) is 18.6 Å². The second-order valence-corrected chi connectivity index (χ2v) is 6.44. The molecule has 7 nitrogen and oxygen atoms in total. The molecule has 0 amide bonds. The Kier molecular flexibility index (Phi) is 3.97. The number of pyridine rings is 1. The van der Waals surface area contributed by atoms with Gasteiger partial charge in [-0.25, -0.2) is 9.97 Å². The fourth-order valence-corrected chi connectivity index (χ4v) is 3.31. The molecule has 0 fully saturated rings. The first-order valence-electron chi connectivity index (χ1n) is 9.19. The van der Waals surface area contributed by atoms with Gasteiger partial charge in [0, 0.05) is 30.6 Å². The molecule has 0 N–H and O–H groups in total. The fraction of sp³-hybridized carbons (Fsp3) is 0.143. The van der Waals surface area contributed by atoms with Crippen molar-refractivity contribution in [3.63, 3.8) is 0 Å². The minimum absolute atomic E-state index is 0.479. The molecule has 4 aromatic heterocycles. The second kappa shape index (κ2) is 6.77. The predicted octanol–water partition coefficient (Wildman–Crippen LogP) is 3.86. The first kappa shape index (κ1) is 16.4. The molecule has 4 heterocycles. The van der Waals surface area contributed by atoms with Crippen molar-refractivity contribution in [2.24, 2.45) is 0 Å². The smallest absolute Gasteiger partial charge is 0.226 e. The van der Waals surface area contributed by atoms with Crippen molar-refractivity contribution in [2.75, 3.05) is 0 Å². The van der Waals surface area contributed by atoms with Crippen molar-refractivity contribution in [1.82, 2.24) is 29.1 Å². The van der Waals surface area contributed by atoms with E-state index in [0.717, 1.165) is 34.8 Å². The van der Waals surface area contributed by atoms with Crippen LogP contribution >= 0.6 is 0 Å². The molecule has 28 heavy (non-hydrogen) atoms. The van der Waals surface area contributed by atoms with E-state index in [2.05, 4.69) is 31.7 Å². The zero-order valence-corrected chi connectivity index (χ0v) is 15.4. The summed E-state index contributed by atoms with van der Waals surface area (Å²) in [6.07, 6.45) is 6.43. The molecule has 0 spiro atoms. The lowest BCUT2D eigenvalue weighted by Gasteiger charge is -2.08. The topological polar surface area (TPSA) is 74.0 Å².